The smallest absolute Gasteiger partial charge is 0.341 e. The van der Waals surface area contributed by atoms with Crippen LogP contribution >= 0.6 is 0 Å². The number of hydrogen-bond acceptors (Lipinski definition) is 2. The number of terminal acetylenes is 1. The van der Waals surface area contributed by atoms with Gasteiger partial charge in [-0.25, -0.2) is 0 Å². The molecular weight excluding hydrogens is 221 g/mol. The first-order valence-corrected chi connectivity index (χ1v) is 4.92. The van der Waals surface area contributed by atoms with Crippen molar-refractivity contribution in [3.8, 4) is 12.3 Å². The Bertz CT molecular complexity index is 258. The molecule has 3 nitrogen and oxygen atoms in total. The Kier molecular flexibility index (Phi) is 6.58. The molecule has 0 saturated heterocycles. The van der Waals surface area contributed by atoms with Gasteiger partial charge in [0.2, 0.25) is 5.91 Å². The highest BCUT2D eigenvalue weighted by atomic mass is 19.4. The van der Waals surface area contributed by atoms with Gasteiger partial charge in [-0.1, -0.05) is 19.3 Å². The maximum atomic E-state index is 11.7. The van der Waals surface area contributed by atoms with Crippen LogP contribution in [0.2, 0.25) is 0 Å². The maximum absolute atomic E-state index is 11.7. The second kappa shape index (κ2) is 7.12. The second-order valence-corrected chi connectivity index (χ2v) is 3.29. The standard InChI is InChI=1S/C10H15F3N2O/c1-3-5-8(4-2)15-9(16)6-14-7-10(11,12)13/h2,8,14H,3,5-7H2,1H3,(H,15,16). The molecule has 0 fully saturated rings. The second-order valence-electron chi connectivity index (χ2n) is 3.29. The molecule has 0 aromatic rings. The summed E-state index contributed by atoms with van der Waals surface area (Å²) in [7, 11) is 0. The highest BCUT2D eigenvalue weighted by Crippen LogP contribution is 2.11. The summed E-state index contributed by atoms with van der Waals surface area (Å²) in [4.78, 5) is 11.1. The van der Waals surface area contributed by atoms with Crippen LogP contribution in [0.4, 0.5) is 13.2 Å². The van der Waals surface area contributed by atoms with E-state index in [2.05, 4.69) is 11.2 Å². The predicted octanol–water partition coefficient (Wildman–Crippen LogP) is 1.06. The fraction of sp³-hybridized carbons (Fsp3) is 0.700. The summed E-state index contributed by atoms with van der Waals surface area (Å²) in [6, 6.07) is -0.412. The molecule has 0 aliphatic heterocycles. The molecule has 0 aromatic heterocycles. The zero-order valence-electron chi connectivity index (χ0n) is 9.03. The van der Waals surface area contributed by atoms with Crippen LogP contribution in [0.25, 0.3) is 0 Å². The van der Waals surface area contributed by atoms with E-state index in [9.17, 15) is 18.0 Å². The number of hydrogen-bond donors (Lipinski definition) is 2. The van der Waals surface area contributed by atoms with Crippen molar-refractivity contribution in [1.82, 2.24) is 10.6 Å². The first-order valence-electron chi connectivity index (χ1n) is 4.92. The van der Waals surface area contributed by atoms with Gasteiger partial charge in [0.15, 0.2) is 0 Å². The van der Waals surface area contributed by atoms with Crippen LogP contribution in [-0.4, -0.2) is 31.2 Å². The van der Waals surface area contributed by atoms with Gasteiger partial charge in [-0.15, -0.1) is 6.42 Å². The third-order valence-corrected chi connectivity index (χ3v) is 1.72. The summed E-state index contributed by atoms with van der Waals surface area (Å²) in [6.07, 6.45) is 2.24. The van der Waals surface area contributed by atoms with Gasteiger partial charge < -0.3 is 10.6 Å². The largest absolute Gasteiger partial charge is 0.401 e. The fourth-order valence-corrected chi connectivity index (χ4v) is 1.05. The molecule has 1 atom stereocenters. The van der Waals surface area contributed by atoms with Crippen LogP contribution in [0, 0.1) is 12.3 Å². The molecule has 1 unspecified atom stereocenters. The SMILES string of the molecule is C#CC(CCC)NC(=O)CNCC(F)(F)F. The molecule has 0 aliphatic rings. The molecule has 92 valence electrons. The average Bonchev–Trinajstić information content (AvgIpc) is 2.15. The topological polar surface area (TPSA) is 41.1 Å². The molecule has 0 spiro atoms. The summed E-state index contributed by atoms with van der Waals surface area (Å²) in [5.74, 6) is 1.83. The quantitative estimate of drug-likeness (QED) is 0.677. The Labute approximate surface area is 92.8 Å². The van der Waals surface area contributed by atoms with Crippen LogP contribution in [-0.2, 0) is 4.79 Å². The van der Waals surface area contributed by atoms with E-state index in [-0.39, 0.29) is 6.54 Å². The van der Waals surface area contributed by atoms with E-state index in [0.29, 0.717) is 6.42 Å². The van der Waals surface area contributed by atoms with Crippen molar-refractivity contribution in [3.05, 3.63) is 0 Å². The Hall–Kier alpha value is -1.22. The summed E-state index contributed by atoms with van der Waals surface area (Å²) in [5.41, 5.74) is 0. The van der Waals surface area contributed by atoms with Gasteiger partial charge in [-0.05, 0) is 6.42 Å². The minimum absolute atomic E-state index is 0.387. The van der Waals surface area contributed by atoms with E-state index in [1.165, 1.54) is 0 Å². The van der Waals surface area contributed by atoms with Crippen molar-refractivity contribution >= 4 is 5.91 Å². The van der Waals surface area contributed by atoms with Gasteiger partial charge in [0, 0.05) is 0 Å². The Morgan fingerprint density at radius 3 is 2.56 bits per heavy atom. The van der Waals surface area contributed by atoms with Crippen LogP contribution in [0.1, 0.15) is 19.8 Å². The highest BCUT2D eigenvalue weighted by Gasteiger charge is 2.26. The number of carbonyl (C=O) groups is 1. The van der Waals surface area contributed by atoms with E-state index in [1.807, 2.05) is 12.2 Å². The van der Waals surface area contributed by atoms with Crippen LogP contribution in [0.3, 0.4) is 0 Å². The van der Waals surface area contributed by atoms with Crippen molar-refractivity contribution < 1.29 is 18.0 Å². The molecule has 0 aliphatic carbocycles. The van der Waals surface area contributed by atoms with Crippen molar-refractivity contribution in [2.75, 3.05) is 13.1 Å². The van der Waals surface area contributed by atoms with E-state index in [1.54, 1.807) is 0 Å². The number of carbonyl (C=O) groups excluding carboxylic acids is 1. The third-order valence-electron chi connectivity index (χ3n) is 1.72. The van der Waals surface area contributed by atoms with Crippen molar-refractivity contribution in [1.29, 1.82) is 0 Å². The Balaban J connectivity index is 3.78. The van der Waals surface area contributed by atoms with E-state index in [4.69, 9.17) is 6.42 Å². The van der Waals surface area contributed by atoms with Crippen LogP contribution in [0.15, 0.2) is 0 Å². The van der Waals surface area contributed by atoms with E-state index in [0.717, 1.165) is 6.42 Å². The van der Waals surface area contributed by atoms with Crippen molar-refractivity contribution in [3.63, 3.8) is 0 Å². The van der Waals surface area contributed by atoms with Gasteiger partial charge >= 0.3 is 6.18 Å². The molecule has 2 N–H and O–H groups in total. The van der Waals surface area contributed by atoms with E-state index >= 15 is 0 Å². The lowest BCUT2D eigenvalue weighted by atomic mass is 10.2. The van der Waals surface area contributed by atoms with Crippen molar-refractivity contribution in [2.24, 2.45) is 0 Å². The van der Waals surface area contributed by atoms with E-state index < -0.39 is 24.7 Å². The van der Waals surface area contributed by atoms with Crippen LogP contribution in [0.5, 0.6) is 0 Å². The molecule has 0 bridgehead atoms. The Morgan fingerprint density at radius 2 is 2.12 bits per heavy atom. The zero-order chi connectivity index (χ0) is 12.6. The first-order chi connectivity index (χ1) is 7.39. The fourth-order valence-electron chi connectivity index (χ4n) is 1.05. The maximum Gasteiger partial charge on any atom is 0.401 e. The molecule has 0 heterocycles. The molecule has 0 rings (SSSR count). The molecule has 0 aromatic carbocycles. The zero-order valence-corrected chi connectivity index (χ0v) is 9.03. The minimum atomic E-state index is -4.31. The van der Waals surface area contributed by atoms with Gasteiger partial charge in [0.05, 0.1) is 19.1 Å². The molecule has 1 amide bonds. The van der Waals surface area contributed by atoms with Gasteiger partial charge in [0.25, 0.3) is 0 Å². The third kappa shape index (κ3) is 8.12. The molecule has 6 heteroatoms. The number of nitrogens with one attached hydrogen (secondary N) is 2. The van der Waals surface area contributed by atoms with Crippen LogP contribution < -0.4 is 10.6 Å². The summed E-state index contributed by atoms with van der Waals surface area (Å²) < 4.78 is 35.2. The lowest BCUT2D eigenvalue weighted by Crippen LogP contribution is -2.42. The Morgan fingerprint density at radius 1 is 1.50 bits per heavy atom. The number of halogens is 3. The molecule has 0 radical (unpaired) electrons. The normalized spacial score (nSPS) is 12.9. The summed E-state index contributed by atoms with van der Waals surface area (Å²) in [6.45, 7) is 0.328. The van der Waals surface area contributed by atoms with Gasteiger partial charge in [-0.2, -0.15) is 13.2 Å². The minimum Gasteiger partial charge on any atom is -0.341 e. The van der Waals surface area contributed by atoms with Gasteiger partial charge in [-0.3, -0.25) is 4.79 Å². The molecule has 0 saturated carbocycles. The number of alkyl halides is 3. The number of amides is 1. The lowest BCUT2D eigenvalue weighted by Gasteiger charge is -2.13. The molecular formula is C10H15F3N2O. The monoisotopic (exact) mass is 236 g/mol. The highest BCUT2D eigenvalue weighted by molar-refractivity contribution is 5.78. The number of rotatable bonds is 6. The first kappa shape index (κ1) is 14.8. The predicted molar refractivity (Wildman–Crippen MR) is 54.6 cm³/mol. The average molecular weight is 236 g/mol. The van der Waals surface area contributed by atoms with Crippen molar-refractivity contribution in [2.45, 2.75) is 32.0 Å². The lowest BCUT2D eigenvalue weighted by molar-refractivity contribution is -0.128. The summed E-state index contributed by atoms with van der Waals surface area (Å²) in [5, 5.41) is 4.44. The van der Waals surface area contributed by atoms with Gasteiger partial charge in [0.1, 0.15) is 0 Å². The molecule has 16 heavy (non-hydrogen) atoms. The summed E-state index contributed by atoms with van der Waals surface area (Å²) >= 11 is 0.